The van der Waals surface area contributed by atoms with Gasteiger partial charge < -0.3 is 15.2 Å². The monoisotopic (exact) mass is 345 g/mol. The molecule has 132 valence electrons. The third-order valence-corrected chi connectivity index (χ3v) is 4.77. The van der Waals surface area contributed by atoms with Gasteiger partial charge in [0.1, 0.15) is 24.2 Å². The number of fused-ring (bicyclic) bond motifs is 3. The van der Waals surface area contributed by atoms with Gasteiger partial charge in [0.05, 0.1) is 0 Å². The summed E-state index contributed by atoms with van der Waals surface area (Å²) < 4.78 is 12.2. The molecule has 0 fully saturated rings. The summed E-state index contributed by atoms with van der Waals surface area (Å²) in [5.41, 5.74) is 11.0. The number of hydrogen-bond donors (Lipinski definition) is 1. The first-order chi connectivity index (χ1) is 12.8. The van der Waals surface area contributed by atoms with Crippen molar-refractivity contribution >= 4 is 0 Å². The second-order valence-corrected chi connectivity index (χ2v) is 6.56. The highest BCUT2D eigenvalue weighted by Crippen LogP contribution is 2.40. The molecule has 1 atom stereocenters. The fourth-order valence-corrected chi connectivity index (χ4v) is 3.50. The molecular weight excluding hydrogens is 322 g/mol. The standard InChI is InChI=1S/C23H23NO2/c24-14-13-19(26-18-8-2-1-3-9-18)16-25-23-12-6-11-21-20-10-5-4-7-17(20)15-22(21)23/h1-12,19H,13-16,24H2. The summed E-state index contributed by atoms with van der Waals surface area (Å²) in [6.07, 6.45) is 1.61. The lowest BCUT2D eigenvalue weighted by molar-refractivity contribution is 0.122. The molecule has 2 N–H and O–H groups in total. The van der Waals surface area contributed by atoms with Crippen LogP contribution in [0.5, 0.6) is 11.5 Å². The molecule has 4 rings (SSSR count). The number of para-hydroxylation sites is 1. The Morgan fingerprint density at radius 1 is 0.846 bits per heavy atom. The van der Waals surface area contributed by atoms with Gasteiger partial charge in [0, 0.05) is 12.0 Å². The van der Waals surface area contributed by atoms with Gasteiger partial charge in [-0.3, -0.25) is 0 Å². The lowest BCUT2D eigenvalue weighted by atomic mass is 10.1. The Labute approximate surface area is 154 Å². The first-order valence-corrected chi connectivity index (χ1v) is 9.10. The van der Waals surface area contributed by atoms with Crippen LogP contribution in [0.25, 0.3) is 11.1 Å². The fraction of sp³-hybridized carbons (Fsp3) is 0.217. The second kappa shape index (κ2) is 7.63. The van der Waals surface area contributed by atoms with Crippen molar-refractivity contribution < 1.29 is 9.47 Å². The highest BCUT2D eigenvalue weighted by Gasteiger charge is 2.22. The average Bonchev–Trinajstić information content (AvgIpc) is 3.06. The van der Waals surface area contributed by atoms with E-state index < -0.39 is 0 Å². The SMILES string of the molecule is NCCC(COc1cccc2c1Cc1ccccc1-2)Oc1ccccc1. The molecule has 0 heterocycles. The van der Waals surface area contributed by atoms with Gasteiger partial charge in [-0.2, -0.15) is 0 Å². The number of ether oxygens (including phenoxy) is 2. The Hall–Kier alpha value is -2.78. The molecule has 0 saturated carbocycles. The molecule has 3 aromatic carbocycles. The molecular formula is C23H23NO2. The van der Waals surface area contributed by atoms with Crippen molar-refractivity contribution in [3.05, 3.63) is 83.9 Å². The van der Waals surface area contributed by atoms with E-state index in [2.05, 4.69) is 36.4 Å². The van der Waals surface area contributed by atoms with Crippen LogP contribution in [0.2, 0.25) is 0 Å². The zero-order chi connectivity index (χ0) is 17.8. The molecule has 0 aromatic heterocycles. The van der Waals surface area contributed by atoms with E-state index in [1.54, 1.807) is 0 Å². The minimum absolute atomic E-state index is 0.0676. The smallest absolute Gasteiger partial charge is 0.134 e. The molecule has 3 aromatic rings. The molecule has 0 saturated heterocycles. The van der Waals surface area contributed by atoms with Gasteiger partial charge in [-0.1, -0.05) is 54.6 Å². The van der Waals surface area contributed by atoms with Crippen molar-refractivity contribution in [2.45, 2.75) is 18.9 Å². The van der Waals surface area contributed by atoms with Gasteiger partial charge in [-0.05, 0) is 47.9 Å². The van der Waals surface area contributed by atoms with Gasteiger partial charge in [0.25, 0.3) is 0 Å². The predicted octanol–water partition coefficient (Wildman–Crippen LogP) is 4.43. The van der Waals surface area contributed by atoms with Gasteiger partial charge in [-0.15, -0.1) is 0 Å². The Kier molecular flexibility index (Phi) is 4.89. The molecule has 1 aliphatic carbocycles. The van der Waals surface area contributed by atoms with Crippen molar-refractivity contribution in [2.24, 2.45) is 5.73 Å². The van der Waals surface area contributed by atoms with Crippen LogP contribution in [-0.4, -0.2) is 19.3 Å². The van der Waals surface area contributed by atoms with E-state index in [9.17, 15) is 0 Å². The van der Waals surface area contributed by atoms with Gasteiger partial charge in [0.15, 0.2) is 0 Å². The van der Waals surface area contributed by atoms with Crippen LogP contribution in [0, 0.1) is 0 Å². The van der Waals surface area contributed by atoms with E-state index in [0.717, 1.165) is 24.3 Å². The van der Waals surface area contributed by atoms with Crippen LogP contribution < -0.4 is 15.2 Å². The maximum absolute atomic E-state index is 6.19. The summed E-state index contributed by atoms with van der Waals surface area (Å²) >= 11 is 0. The summed E-state index contributed by atoms with van der Waals surface area (Å²) in [5, 5.41) is 0. The van der Waals surface area contributed by atoms with E-state index in [0.29, 0.717) is 13.2 Å². The van der Waals surface area contributed by atoms with Crippen LogP contribution in [-0.2, 0) is 6.42 Å². The molecule has 26 heavy (non-hydrogen) atoms. The molecule has 0 radical (unpaired) electrons. The first-order valence-electron chi connectivity index (χ1n) is 9.10. The molecule has 3 heteroatoms. The fourth-order valence-electron chi connectivity index (χ4n) is 3.50. The Balaban J connectivity index is 1.49. The van der Waals surface area contributed by atoms with Gasteiger partial charge >= 0.3 is 0 Å². The second-order valence-electron chi connectivity index (χ2n) is 6.56. The number of hydrogen-bond acceptors (Lipinski definition) is 3. The number of nitrogens with two attached hydrogens (primary N) is 1. The van der Waals surface area contributed by atoms with Crippen molar-refractivity contribution in [3.63, 3.8) is 0 Å². The third kappa shape index (κ3) is 3.44. The quantitative estimate of drug-likeness (QED) is 0.539. The maximum atomic E-state index is 6.19. The van der Waals surface area contributed by atoms with Crippen molar-refractivity contribution in [1.29, 1.82) is 0 Å². The number of benzene rings is 3. The van der Waals surface area contributed by atoms with Crippen LogP contribution in [0.4, 0.5) is 0 Å². The summed E-state index contributed by atoms with van der Waals surface area (Å²) in [5.74, 6) is 1.79. The summed E-state index contributed by atoms with van der Waals surface area (Å²) in [4.78, 5) is 0. The molecule has 1 unspecified atom stereocenters. The summed E-state index contributed by atoms with van der Waals surface area (Å²) in [6, 6.07) is 24.7. The summed E-state index contributed by atoms with van der Waals surface area (Å²) in [7, 11) is 0. The molecule has 0 amide bonds. The van der Waals surface area contributed by atoms with Gasteiger partial charge in [-0.25, -0.2) is 0 Å². The first kappa shape index (κ1) is 16.7. The highest BCUT2D eigenvalue weighted by molar-refractivity contribution is 5.78. The largest absolute Gasteiger partial charge is 0.489 e. The molecule has 1 aliphatic rings. The van der Waals surface area contributed by atoms with Crippen LogP contribution in [0.3, 0.4) is 0 Å². The topological polar surface area (TPSA) is 44.5 Å². The van der Waals surface area contributed by atoms with E-state index >= 15 is 0 Å². The van der Waals surface area contributed by atoms with E-state index in [4.69, 9.17) is 15.2 Å². The Morgan fingerprint density at radius 3 is 2.46 bits per heavy atom. The van der Waals surface area contributed by atoms with Crippen LogP contribution in [0.1, 0.15) is 17.5 Å². The minimum Gasteiger partial charge on any atom is -0.489 e. The van der Waals surface area contributed by atoms with E-state index in [1.165, 1.54) is 22.3 Å². The Bertz CT molecular complexity index is 876. The maximum Gasteiger partial charge on any atom is 0.134 e. The molecule has 0 bridgehead atoms. The van der Waals surface area contributed by atoms with E-state index in [-0.39, 0.29) is 6.10 Å². The van der Waals surface area contributed by atoms with Crippen LogP contribution in [0.15, 0.2) is 72.8 Å². The zero-order valence-corrected chi connectivity index (χ0v) is 14.7. The Morgan fingerprint density at radius 2 is 1.62 bits per heavy atom. The normalized spacial score (nSPS) is 13.0. The third-order valence-electron chi connectivity index (χ3n) is 4.77. The predicted molar refractivity (Wildman–Crippen MR) is 105 cm³/mol. The van der Waals surface area contributed by atoms with E-state index in [1.807, 2.05) is 36.4 Å². The zero-order valence-electron chi connectivity index (χ0n) is 14.7. The molecule has 0 aliphatic heterocycles. The summed E-state index contributed by atoms with van der Waals surface area (Å²) in [6.45, 7) is 1.05. The molecule has 3 nitrogen and oxygen atoms in total. The lowest BCUT2D eigenvalue weighted by Gasteiger charge is -2.20. The van der Waals surface area contributed by atoms with Crippen molar-refractivity contribution in [3.8, 4) is 22.6 Å². The number of rotatable bonds is 7. The van der Waals surface area contributed by atoms with Gasteiger partial charge in [0.2, 0.25) is 0 Å². The van der Waals surface area contributed by atoms with Crippen LogP contribution >= 0.6 is 0 Å². The lowest BCUT2D eigenvalue weighted by Crippen LogP contribution is -2.28. The molecule has 0 spiro atoms. The minimum atomic E-state index is -0.0676. The highest BCUT2D eigenvalue weighted by atomic mass is 16.5. The van der Waals surface area contributed by atoms with Crippen molar-refractivity contribution in [1.82, 2.24) is 0 Å². The van der Waals surface area contributed by atoms with Crippen molar-refractivity contribution in [2.75, 3.05) is 13.2 Å². The average molecular weight is 345 g/mol.